The average Bonchev–Trinajstić information content (AvgIpc) is 2.65. The first-order valence-electron chi connectivity index (χ1n) is 8.12. The standard InChI is InChI=1S/C20H15F2NO3S2/c1-13-7-9-15(10-8-13)28(25,26)23-19-12-18(22)17(21)11-16(19)20(24)27-14-5-3-2-4-6-14/h2-12,23H,1H3. The van der Waals surface area contributed by atoms with E-state index < -0.39 is 26.8 Å². The number of nitrogens with one attached hydrogen (secondary N) is 1. The zero-order chi connectivity index (χ0) is 20.3. The van der Waals surface area contributed by atoms with E-state index in [1.165, 1.54) is 12.1 Å². The minimum atomic E-state index is -4.09. The summed E-state index contributed by atoms with van der Waals surface area (Å²) < 4.78 is 54.9. The molecule has 0 spiro atoms. The number of benzene rings is 3. The van der Waals surface area contributed by atoms with Crippen LogP contribution >= 0.6 is 11.8 Å². The van der Waals surface area contributed by atoms with Crippen LogP contribution < -0.4 is 4.72 Å². The third-order valence-electron chi connectivity index (χ3n) is 3.81. The molecule has 0 saturated heterocycles. The highest BCUT2D eigenvalue weighted by atomic mass is 32.2. The molecule has 0 aliphatic rings. The van der Waals surface area contributed by atoms with E-state index in [9.17, 15) is 22.0 Å². The molecular formula is C20H15F2NO3S2. The van der Waals surface area contributed by atoms with E-state index in [-0.39, 0.29) is 16.1 Å². The van der Waals surface area contributed by atoms with Crippen molar-refractivity contribution in [3.8, 4) is 0 Å². The number of hydrogen-bond acceptors (Lipinski definition) is 4. The summed E-state index contributed by atoms with van der Waals surface area (Å²) in [4.78, 5) is 13.1. The second-order valence-corrected chi connectivity index (χ2v) is 8.66. The lowest BCUT2D eigenvalue weighted by atomic mass is 10.2. The molecule has 4 nitrogen and oxygen atoms in total. The zero-order valence-corrected chi connectivity index (χ0v) is 16.3. The van der Waals surface area contributed by atoms with Gasteiger partial charge >= 0.3 is 0 Å². The van der Waals surface area contributed by atoms with Crippen LogP contribution in [0.2, 0.25) is 0 Å². The first kappa shape index (κ1) is 20.0. The summed E-state index contributed by atoms with van der Waals surface area (Å²) in [6, 6.07) is 15.9. The smallest absolute Gasteiger partial charge is 0.261 e. The fourth-order valence-electron chi connectivity index (χ4n) is 2.37. The van der Waals surface area contributed by atoms with Crippen LogP contribution in [0.1, 0.15) is 15.9 Å². The number of anilines is 1. The molecule has 0 heterocycles. The van der Waals surface area contributed by atoms with Gasteiger partial charge in [0.25, 0.3) is 10.0 Å². The Labute approximate surface area is 165 Å². The molecule has 8 heteroatoms. The molecule has 3 rings (SSSR count). The first-order chi connectivity index (χ1) is 13.3. The Morgan fingerprint density at radius 2 is 1.54 bits per heavy atom. The molecular weight excluding hydrogens is 404 g/mol. The van der Waals surface area contributed by atoms with E-state index in [4.69, 9.17) is 0 Å². The molecule has 0 aliphatic carbocycles. The first-order valence-corrected chi connectivity index (χ1v) is 10.4. The van der Waals surface area contributed by atoms with E-state index in [1.54, 1.807) is 49.4 Å². The Morgan fingerprint density at radius 1 is 0.929 bits per heavy atom. The van der Waals surface area contributed by atoms with Gasteiger partial charge in [-0.3, -0.25) is 9.52 Å². The second kappa shape index (κ2) is 8.12. The van der Waals surface area contributed by atoms with Gasteiger partial charge in [0, 0.05) is 11.0 Å². The van der Waals surface area contributed by atoms with Crippen LogP contribution in [0.4, 0.5) is 14.5 Å². The van der Waals surface area contributed by atoms with Gasteiger partial charge in [-0.25, -0.2) is 17.2 Å². The number of thioether (sulfide) groups is 1. The Balaban J connectivity index is 1.97. The fourth-order valence-corrected chi connectivity index (χ4v) is 4.23. The minimum Gasteiger partial charge on any atom is -0.281 e. The maximum absolute atomic E-state index is 13.8. The van der Waals surface area contributed by atoms with Crippen molar-refractivity contribution >= 4 is 32.6 Å². The summed E-state index contributed by atoms with van der Waals surface area (Å²) in [6.45, 7) is 1.80. The molecule has 0 aromatic heterocycles. The highest BCUT2D eigenvalue weighted by Gasteiger charge is 2.22. The van der Waals surface area contributed by atoms with Crippen LogP contribution in [-0.2, 0) is 10.0 Å². The maximum atomic E-state index is 13.8. The topological polar surface area (TPSA) is 63.2 Å². The SMILES string of the molecule is Cc1ccc(S(=O)(=O)Nc2cc(F)c(F)cc2C(=O)Sc2ccccc2)cc1. The Morgan fingerprint density at radius 3 is 2.18 bits per heavy atom. The van der Waals surface area contributed by atoms with Crippen molar-refractivity contribution in [2.75, 3.05) is 4.72 Å². The molecule has 0 amide bonds. The van der Waals surface area contributed by atoms with E-state index in [0.717, 1.165) is 17.3 Å². The van der Waals surface area contributed by atoms with Crippen molar-refractivity contribution in [1.29, 1.82) is 0 Å². The van der Waals surface area contributed by atoms with Crippen LogP contribution in [0.5, 0.6) is 0 Å². The van der Waals surface area contributed by atoms with Crippen molar-refractivity contribution in [2.24, 2.45) is 0 Å². The third-order valence-corrected chi connectivity index (χ3v) is 6.10. The van der Waals surface area contributed by atoms with Crippen molar-refractivity contribution in [1.82, 2.24) is 0 Å². The second-order valence-electron chi connectivity index (χ2n) is 5.93. The van der Waals surface area contributed by atoms with Gasteiger partial charge in [-0.2, -0.15) is 0 Å². The minimum absolute atomic E-state index is 0.0584. The van der Waals surface area contributed by atoms with Crippen molar-refractivity contribution in [3.05, 3.63) is 89.5 Å². The number of halogens is 2. The van der Waals surface area contributed by atoms with Gasteiger partial charge < -0.3 is 0 Å². The van der Waals surface area contributed by atoms with Crippen molar-refractivity contribution in [3.63, 3.8) is 0 Å². The zero-order valence-electron chi connectivity index (χ0n) is 14.6. The van der Waals surface area contributed by atoms with E-state index >= 15 is 0 Å². The molecule has 0 bridgehead atoms. The number of carbonyl (C=O) groups excluding carboxylic acids is 1. The number of sulfonamides is 1. The fraction of sp³-hybridized carbons (Fsp3) is 0.0500. The van der Waals surface area contributed by atoms with Gasteiger partial charge in [-0.15, -0.1) is 0 Å². The molecule has 0 radical (unpaired) electrons. The van der Waals surface area contributed by atoms with Crippen LogP contribution in [0.3, 0.4) is 0 Å². The van der Waals surface area contributed by atoms with Crippen LogP contribution in [0.25, 0.3) is 0 Å². The third kappa shape index (κ3) is 4.58. The summed E-state index contributed by atoms with van der Waals surface area (Å²) in [5, 5.41) is -0.619. The van der Waals surface area contributed by atoms with E-state index in [2.05, 4.69) is 4.72 Å². The molecule has 0 fully saturated rings. The van der Waals surface area contributed by atoms with Gasteiger partial charge in [-0.05, 0) is 49.0 Å². The molecule has 0 saturated carbocycles. The van der Waals surface area contributed by atoms with Gasteiger partial charge in [0.1, 0.15) is 0 Å². The average molecular weight is 419 g/mol. The summed E-state index contributed by atoms with van der Waals surface area (Å²) in [5.41, 5.74) is 0.262. The lowest BCUT2D eigenvalue weighted by Crippen LogP contribution is -2.16. The highest BCUT2D eigenvalue weighted by Crippen LogP contribution is 2.30. The molecule has 28 heavy (non-hydrogen) atoms. The van der Waals surface area contributed by atoms with E-state index in [1.807, 2.05) is 0 Å². The normalized spacial score (nSPS) is 11.2. The molecule has 0 unspecified atom stereocenters. The summed E-state index contributed by atoms with van der Waals surface area (Å²) in [6.07, 6.45) is 0. The van der Waals surface area contributed by atoms with Gasteiger partial charge in [-0.1, -0.05) is 35.9 Å². The monoisotopic (exact) mass is 419 g/mol. The molecule has 0 aliphatic heterocycles. The largest absolute Gasteiger partial charge is 0.281 e. The Kier molecular flexibility index (Phi) is 5.81. The molecule has 1 N–H and O–H groups in total. The highest BCUT2D eigenvalue weighted by molar-refractivity contribution is 8.14. The maximum Gasteiger partial charge on any atom is 0.261 e. The summed E-state index contributed by atoms with van der Waals surface area (Å²) in [7, 11) is -4.09. The number of rotatable bonds is 5. The van der Waals surface area contributed by atoms with Crippen LogP contribution in [0.15, 0.2) is 76.5 Å². The number of aryl methyl sites for hydroxylation is 1. The predicted molar refractivity (Wildman–Crippen MR) is 105 cm³/mol. The molecule has 3 aromatic carbocycles. The molecule has 144 valence electrons. The predicted octanol–water partition coefficient (Wildman–Crippen LogP) is 5.01. The van der Waals surface area contributed by atoms with Crippen LogP contribution in [-0.4, -0.2) is 13.5 Å². The lowest BCUT2D eigenvalue weighted by Gasteiger charge is -2.13. The van der Waals surface area contributed by atoms with Crippen LogP contribution in [0, 0.1) is 18.6 Å². The van der Waals surface area contributed by atoms with Crippen molar-refractivity contribution < 1.29 is 22.0 Å². The van der Waals surface area contributed by atoms with Gasteiger partial charge in [0.15, 0.2) is 11.6 Å². The summed E-state index contributed by atoms with van der Waals surface area (Å²) in [5.74, 6) is -2.50. The number of hydrogen-bond donors (Lipinski definition) is 1. The van der Waals surface area contributed by atoms with Gasteiger partial charge in [0.2, 0.25) is 5.12 Å². The number of carbonyl (C=O) groups is 1. The van der Waals surface area contributed by atoms with Gasteiger partial charge in [0.05, 0.1) is 16.1 Å². The van der Waals surface area contributed by atoms with E-state index in [0.29, 0.717) is 17.0 Å². The lowest BCUT2D eigenvalue weighted by molar-refractivity contribution is 0.108. The quantitative estimate of drug-likeness (QED) is 0.591. The molecule has 0 atom stereocenters. The Bertz CT molecular complexity index is 1120. The van der Waals surface area contributed by atoms with Crippen molar-refractivity contribution in [2.45, 2.75) is 16.7 Å². The molecule has 3 aromatic rings. The Hall–Kier alpha value is -2.71. The summed E-state index contributed by atoms with van der Waals surface area (Å²) >= 11 is 0.786.